The van der Waals surface area contributed by atoms with Gasteiger partial charge in [0.1, 0.15) is 0 Å². The first-order valence-electron chi connectivity index (χ1n) is 11.4. The molecule has 2 aromatic carbocycles. The van der Waals surface area contributed by atoms with Crippen LogP contribution in [0.3, 0.4) is 0 Å². The van der Waals surface area contributed by atoms with Gasteiger partial charge >= 0.3 is 0 Å². The van der Waals surface area contributed by atoms with Crippen molar-refractivity contribution in [1.29, 1.82) is 0 Å². The summed E-state index contributed by atoms with van der Waals surface area (Å²) in [5.74, 6) is 8.65. The molecule has 3 rings (SSSR count). The average Bonchev–Trinajstić information content (AvgIpc) is 2.76. The monoisotopic (exact) mass is 372 g/mol. The molecule has 2 aromatic rings. The van der Waals surface area contributed by atoms with Gasteiger partial charge < -0.3 is 0 Å². The molecule has 0 nitrogen and oxygen atoms in total. The summed E-state index contributed by atoms with van der Waals surface area (Å²) in [7, 11) is 0. The van der Waals surface area contributed by atoms with Crippen molar-refractivity contribution in [3.8, 4) is 11.8 Å². The van der Waals surface area contributed by atoms with Crippen molar-refractivity contribution in [2.75, 3.05) is 0 Å². The van der Waals surface area contributed by atoms with Crippen LogP contribution in [-0.4, -0.2) is 0 Å². The molecule has 148 valence electrons. The van der Waals surface area contributed by atoms with Crippen LogP contribution >= 0.6 is 0 Å². The first kappa shape index (κ1) is 20.7. The molecular formula is C28H36. The van der Waals surface area contributed by atoms with E-state index in [0.717, 1.165) is 30.2 Å². The lowest BCUT2D eigenvalue weighted by atomic mass is 9.78. The second-order valence-corrected chi connectivity index (χ2v) is 8.53. The lowest BCUT2D eigenvalue weighted by Gasteiger charge is -2.27. The van der Waals surface area contributed by atoms with Crippen molar-refractivity contribution in [3.63, 3.8) is 0 Å². The van der Waals surface area contributed by atoms with E-state index in [2.05, 4.69) is 73.4 Å². The van der Waals surface area contributed by atoms with Crippen LogP contribution in [0.25, 0.3) is 0 Å². The Kier molecular flexibility index (Phi) is 8.70. The lowest BCUT2D eigenvalue weighted by molar-refractivity contribution is 0.259. The van der Waals surface area contributed by atoms with Crippen molar-refractivity contribution < 1.29 is 0 Å². The van der Waals surface area contributed by atoms with Gasteiger partial charge in [-0.05, 0) is 67.2 Å². The van der Waals surface area contributed by atoms with E-state index < -0.39 is 0 Å². The highest BCUT2D eigenvalue weighted by molar-refractivity contribution is 5.36. The maximum Gasteiger partial charge on any atom is 0.0245 e. The Hall–Kier alpha value is -2.00. The quantitative estimate of drug-likeness (QED) is 0.330. The van der Waals surface area contributed by atoms with Crippen LogP contribution in [0, 0.1) is 23.7 Å². The van der Waals surface area contributed by atoms with Gasteiger partial charge in [0.15, 0.2) is 0 Å². The standard InChI is InChI=1S/C28H36/c1-2-24-14-16-27(17-15-24)22-23-28-20-18-26(19-21-28)13-7-4-3-6-10-25-11-8-5-9-12-25/h5,8-9,11-12,18-21,24,27H,2-4,6,10,14-17,22-23H2,1H3/t24-,27-. The van der Waals surface area contributed by atoms with Gasteiger partial charge in [-0.25, -0.2) is 0 Å². The molecule has 0 unspecified atom stereocenters. The molecule has 0 amide bonds. The number of hydrogen-bond donors (Lipinski definition) is 0. The average molecular weight is 373 g/mol. The third kappa shape index (κ3) is 7.20. The molecule has 0 atom stereocenters. The fraction of sp³-hybridized carbons (Fsp3) is 0.500. The third-order valence-electron chi connectivity index (χ3n) is 6.43. The Morgan fingerprint density at radius 2 is 1.43 bits per heavy atom. The highest BCUT2D eigenvalue weighted by Gasteiger charge is 2.19. The molecule has 0 saturated heterocycles. The van der Waals surface area contributed by atoms with Crippen LogP contribution < -0.4 is 0 Å². The largest absolute Gasteiger partial charge is 0.0979 e. The smallest absolute Gasteiger partial charge is 0.0245 e. The summed E-state index contributed by atoms with van der Waals surface area (Å²) in [4.78, 5) is 0. The molecule has 0 spiro atoms. The van der Waals surface area contributed by atoms with E-state index in [9.17, 15) is 0 Å². The topological polar surface area (TPSA) is 0 Å². The molecule has 0 heteroatoms. The molecule has 0 N–H and O–H groups in total. The molecule has 0 heterocycles. The van der Waals surface area contributed by atoms with Crippen LogP contribution in [0.2, 0.25) is 0 Å². The first-order chi connectivity index (χ1) is 13.8. The van der Waals surface area contributed by atoms with E-state index in [-0.39, 0.29) is 0 Å². The summed E-state index contributed by atoms with van der Waals surface area (Å²) in [6, 6.07) is 19.7. The highest BCUT2D eigenvalue weighted by atomic mass is 14.2. The summed E-state index contributed by atoms with van der Waals surface area (Å²) in [5.41, 5.74) is 4.07. The Labute approximate surface area is 172 Å². The molecular weight excluding hydrogens is 336 g/mol. The number of hydrogen-bond acceptors (Lipinski definition) is 0. The minimum absolute atomic E-state index is 0.957. The summed E-state index contributed by atoms with van der Waals surface area (Å²) in [6.07, 6.45) is 14.4. The van der Waals surface area contributed by atoms with Crippen molar-refractivity contribution in [3.05, 3.63) is 71.3 Å². The van der Waals surface area contributed by atoms with Gasteiger partial charge in [0.25, 0.3) is 0 Å². The maximum atomic E-state index is 3.35. The first-order valence-corrected chi connectivity index (χ1v) is 11.4. The zero-order chi connectivity index (χ0) is 19.4. The number of benzene rings is 2. The van der Waals surface area contributed by atoms with Crippen LogP contribution in [0.4, 0.5) is 0 Å². The van der Waals surface area contributed by atoms with E-state index in [0.29, 0.717) is 0 Å². The number of unbranched alkanes of at least 4 members (excludes halogenated alkanes) is 2. The molecule has 0 bridgehead atoms. The van der Waals surface area contributed by atoms with Crippen molar-refractivity contribution >= 4 is 0 Å². The molecule has 1 aliphatic rings. The molecule has 0 aromatic heterocycles. The van der Waals surface area contributed by atoms with Crippen LogP contribution in [0.15, 0.2) is 54.6 Å². The molecule has 0 radical (unpaired) electrons. The predicted octanol–water partition coefficient (Wildman–Crippen LogP) is 7.60. The summed E-state index contributed by atoms with van der Waals surface area (Å²) in [5, 5.41) is 0. The fourth-order valence-electron chi connectivity index (χ4n) is 4.41. The molecule has 1 aliphatic carbocycles. The second-order valence-electron chi connectivity index (χ2n) is 8.53. The molecule has 0 aliphatic heterocycles. The van der Waals surface area contributed by atoms with E-state index in [1.807, 2.05) is 0 Å². The summed E-state index contributed by atoms with van der Waals surface area (Å²) < 4.78 is 0. The normalized spacial score (nSPS) is 19.0. The van der Waals surface area contributed by atoms with E-state index in [1.54, 1.807) is 0 Å². The fourth-order valence-corrected chi connectivity index (χ4v) is 4.41. The van der Waals surface area contributed by atoms with Crippen molar-refractivity contribution in [1.82, 2.24) is 0 Å². The van der Waals surface area contributed by atoms with E-state index in [1.165, 1.54) is 68.9 Å². The minimum atomic E-state index is 0.957. The zero-order valence-corrected chi connectivity index (χ0v) is 17.6. The maximum absolute atomic E-state index is 3.35. The minimum Gasteiger partial charge on any atom is -0.0979 e. The van der Waals surface area contributed by atoms with Gasteiger partial charge in [0.05, 0.1) is 0 Å². The van der Waals surface area contributed by atoms with Gasteiger partial charge in [0, 0.05) is 12.0 Å². The zero-order valence-electron chi connectivity index (χ0n) is 17.6. The molecule has 28 heavy (non-hydrogen) atoms. The Morgan fingerprint density at radius 3 is 2.14 bits per heavy atom. The van der Waals surface area contributed by atoms with Gasteiger partial charge in [-0.1, -0.05) is 93.3 Å². The van der Waals surface area contributed by atoms with Crippen molar-refractivity contribution in [2.24, 2.45) is 11.8 Å². The second kappa shape index (κ2) is 11.8. The number of rotatable bonds is 8. The Bertz CT molecular complexity index is 721. The van der Waals surface area contributed by atoms with Gasteiger partial charge in [0.2, 0.25) is 0 Å². The van der Waals surface area contributed by atoms with E-state index >= 15 is 0 Å². The lowest BCUT2D eigenvalue weighted by Crippen LogP contribution is -2.14. The number of aryl methyl sites for hydroxylation is 2. The van der Waals surface area contributed by atoms with Gasteiger partial charge in [-0.2, -0.15) is 0 Å². The molecule has 1 fully saturated rings. The van der Waals surface area contributed by atoms with E-state index in [4.69, 9.17) is 0 Å². The highest BCUT2D eigenvalue weighted by Crippen LogP contribution is 2.33. The molecule has 1 saturated carbocycles. The third-order valence-corrected chi connectivity index (χ3v) is 6.43. The predicted molar refractivity (Wildman–Crippen MR) is 121 cm³/mol. The Morgan fingerprint density at radius 1 is 0.750 bits per heavy atom. The van der Waals surface area contributed by atoms with Gasteiger partial charge in [-0.3, -0.25) is 0 Å². The Balaban J connectivity index is 1.32. The van der Waals surface area contributed by atoms with Gasteiger partial charge in [-0.15, -0.1) is 0 Å². The van der Waals surface area contributed by atoms with Crippen LogP contribution in [0.5, 0.6) is 0 Å². The SMILES string of the molecule is CC[C@H]1CC[C@H](CCc2ccc(C#CCCCCc3ccccc3)cc2)CC1. The van der Waals surface area contributed by atoms with Crippen LogP contribution in [-0.2, 0) is 12.8 Å². The van der Waals surface area contributed by atoms with Crippen molar-refractivity contribution in [2.45, 2.75) is 77.6 Å². The summed E-state index contributed by atoms with van der Waals surface area (Å²) >= 11 is 0. The summed E-state index contributed by atoms with van der Waals surface area (Å²) in [6.45, 7) is 2.35. The van der Waals surface area contributed by atoms with Crippen LogP contribution in [0.1, 0.15) is 81.4 Å².